The van der Waals surface area contributed by atoms with E-state index in [0.29, 0.717) is 18.0 Å². The molecule has 0 saturated carbocycles. The van der Waals surface area contributed by atoms with Crippen LogP contribution in [0.2, 0.25) is 0 Å². The van der Waals surface area contributed by atoms with Crippen molar-refractivity contribution in [2.75, 3.05) is 20.0 Å². The molecule has 2 rings (SSSR count). The van der Waals surface area contributed by atoms with E-state index in [1.165, 1.54) is 26.4 Å². The fourth-order valence-electron chi connectivity index (χ4n) is 2.27. The van der Waals surface area contributed by atoms with Crippen LogP contribution in [0.3, 0.4) is 0 Å². The number of benzene rings is 1. The summed E-state index contributed by atoms with van der Waals surface area (Å²) in [5.74, 6) is 0.356. The smallest absolute Gasteiger partial charge is 0.217 e. The Labute approximate surface area is 136 Å². The summed E-state index contributed by atoms with van der Waals surface area (Å²) in [4.78, 5) is 4.42. The van der Waals surface area contributed by atoms with E-state index in [9.17, 15) is 8.42 Å². The normalized spacial score (nSPS) is 11.0. The molecule has 6 heteroatoms. The van der Waals surface area contributed by atoms with Gasteiger partial charge in [-0.3, -0.25) is 0 Å². The van der Waals surface area contributed by atoms with Gasteiger partial charge in [0.05, 0.1) is 25.7 Å². The number of hydrogen-bond acceptors (Lipinski definition) is 5. The molecule has 1 aromatic heterocycles. The van der Waals surface area contributed by atoms with Crippen molar-refractivity contribution in [3.8, 4) is 11.6 Å². The highest BCUT2D eigenvalue weighted by molar-refractivity contribution is 7.91. The predicted octanol–water partition coefficient (Wildman–Crippen LogP) is 2.65. The Hall–Kier alpha value is -2.34. The van der Waals surface area contributed by atoms with Crippen molar-refractivity contribution >= 4 is 9.84 Å². The Morgan fingerprint density at radius 1 is 1.17 bits per heavy atom. The first-order valence-electron chi connectivity index (χ1n) is 7.01. The third-order valence-corrected chi connectivity index (χ3v) is 5.01. The fourth-order valence-corrected chi connectivity index (χ4v) is 3.67. The molecule has 0 aliphatic heterocycles. The molecule has 0 aliphatic rings. The van der Waals surface area contributed by atoms with Crippen molar-refractivity contribution in [1.82, 2.24) is 4.98 Å². The summed E-state index contributed by atoms with van der Waals surface area (Å²) in [5.41, 5.74) is 1.35. The lowest BCUT2D eigenvalue weighted by atomic mass is 10.1. The Balaban J connectivity index is 2.64. The van der Waals surface area contributed by atoms with Crippen LogP contribution in [0.5, 0.6) is 11.6 Å². The van der Waals surface area contributed by atoms with Crippen LogP contribution in [0.25, 0.3) is 0 Å². The highest BCUT2D eigenvalue weighted by Gasteiger charge is 2.25. The van der Waals surface area contributed by atoms with E-state index < -0.39 is 9.84 Å². The maximum atomic E-state index is 12.6. The van der Waals surface area contributed by atoms with Gasteiger partial charge in [-0.15, -0.1) is 6.58 Å². The minimum absolute atomic E-state index is 0.0875. The van der Waals surface area contributed by atoms with Gasteiger partial charge in [-0.25, -0.2) is 13.4 Å². The van der Waals surface area contributed by atoms with Gasteiger partial charge < -0.3 is 9.47 Å². The molecule has 0 fully saturated rings. The number of pyridine rings is 1. The molecular weight excluding hydrogens is 314 g/mol. The Kier molecular flexibility index (Phi) is 5.39. The first-order chi connectivity index (χ1) is 11.0. The molecule has 0 saturated heterocycles. The van der Waals surface area contributed by atoms with Crippen molar-refractivity contribution in [1.29, 1.82) is 0 Å². The first-order valence-corrected chi connectivity index (χ1v) is 8.66. The van der Waals surface area contributed by atoms with Crippen molar-refractivity contribution < 1.29 is 17.9 Å². The van der Waals surface area contributed by atoms with Gasteiger partial charge in [-0.05, 0) is 5.56 Å². The maximum Gasteiger partial charge on any atom is 0.217 e. The molecule has 5 nitrogen and oxygen atoms in total. The summed E-state index contributed by atoms with van der Waals surface area (Å²) in [5, 5.41) is 0. The number of nitrogens with zero attached hydrogens (tertiary/aromatic N) is 1. The molecule has 2 aromatic rings. The van der Waals surface area contributed by atoms with Gasteiger partial charge in [0, 0.05) is 12.5 Å². The van der Waals surface area contributed by atoms with Crippen molar-refractivity contribution in [2.45, 2.75) is 11.3 Å². The van der Waals surface area contributed by atoms with Gasteiger partial charge in [-0.2, -0.15) is 0 Å². The molecule has 0 aliphatic carbocycles. The highest BCUT2D eigenvalue weighted by Crippen LogP contribution is 2.32. The molecule has 0 unspecified atom stereocenters. The zero-order valence-electron chi connectivity index (χ0n) is 13.2. The van der Waals surface area contributed by atoms with Crippen LogP contribution in [0.4, 0.5) is 0 Å². The van der Waals surface area contributed by atoms with E-state index in [0.717, 1.165) is 5.56 Å². The van der Waals surface area contributed by atoms with Gasteiger partial charge >= 0.3 is 0 Å². The number of methoxy groups -OCH3 is 2. The fraction of sp³-hybridized carbons (Fsp3) is 0.235. The summed E-state index contributed by atoms with van der Waals surface area (Å²) in [6.45, 7) is 3.51. The van der Waals surface area contributed by atoms with E-state index in [1.54, 1.807) is 0 Å². The van der Waals surface area contributed by atoms with Crippen molar-refractivity contribution in [2.24, 2.45) is 0 Å². The highest BCUT2D eigenvalue weighted by atomic mass is 32.2. The number of hydrogen-bond donors (Lipinski definition) is 0. The second-order valence-corrected chi connectivity index (χ2v) is 6.85. The Morgan fingerprint density at radius 2 is 1.87 bits per heavy atom. The lowest BCUT2D eigenvalue weighted by molar-refractivity contribution is 0.373. The lowest BCUT2D eigenvalue weighted by Gasteiger charge is -2.15. The zero-order chi connectivity index (χ0) is 16.9. The Morgan fingerprint density at radius 3 is 2.43 bits per heavy atom. The number of aromatic nitrogens is 1. The van der Waals surface area contributed by atoms with Crippen molar-refractivity contribution in [3.63, 3.8) is 0 Å². The van der Waals surface area contributed by atoms with Crippen LogP contribution in [-0.2, 0) is 16.3 Å². The molecule has 0 bridgehead atoms. The van der Waals surface area contributed by atoms with Gasteiger partial charge in [-0.1, -0.05) is 36.4 Å². The number of sulfone groups is 1. The third-order valence-electron chi connectivity index (χ3n) is 3.28. The molecule has 0 spiro atoms. The van der Waals surface area contributed by atoms with E-state index in [2.05, 4.69) is 11.6 Å². The van der Waals surface area contributed by atoms with Gasteiger partial charge in [0.15, 0.2) is 9.84 Å². The zero-order valence-corrected chi connectivity index (χ0v) is 14.0. The lowest BCUT2D eigenvalue weighted by Crippen LogP contribution is -2.12. The summed E-state index contributed by atoms with van der Waals surface area (Å²) in [6.07, 6.45) is 1.71. The Bertz CT molecular complexity index is 786. The second-order valence-electron chi connectivity index (χ2n) is 4.88. The molecular formula is C17H19NO4S. The summed E-state index contributed by atoms with van der Waals surface area (Å²) in [7, 11) is -0.687. The van der Waals surface area contributed by atoms with Crippen LogP contribution in [0, 0.1) is 0 Å². The molecule has 0 N–H and O–H groups in total. The minimum atomic E-state index is -3.59. The third kappa shape index (κ3) is 3.90. The second kappa shape index (κ2) is 7.28. The van der Waals surface area contributed by atoms with Gasteiger partial charge in [0.25, 0.3) is 0 Å². The van der Waals surface area contributed by atoms with Crippen LogP contribution in [0.15, 0.2) is 53.9 Å². The van der Waals surface area contributed by atoms with Crippen LogP contribution in [-0.4, -0.2) is 33.4 Å². The van der Waals surface area contributed by atoms with Crippen molar-refractivity contribution in [3.05, 3.63) is 60.3 Å². The van der Waals surface area contributed by atoms with Gasteiger partial charge in [0.2, 0.25) is 5.88 Å². The topological polar surface area (TPSA) is 65.5 Å². The monoisotopic (exact) mass is 333 g/mol. The average molecular weight is 333 g/mol. The standard InChI is InChI=1S/C17H19NO4S/c1-4-10-23(19,20)17-14(11-13-8-6-5-7-9-13)18-16(22-3)12-15(17)21-2/h4-9,12H,1,10-11H2,2-3H3. The van der Waals surface area contributed by atoms with Crippen LogP contribution >= 0.6 is 0 Å². The molecule has 1 aromatic carbocycles. The quantitative estimate of drug-likeness (QED) is 0.729. The number of rotatable bonds is 7. The molecule has 122 valence electrons. The molecule has 0 atom stereocenters. The molecule has 23 heavy (non-hydrogen) atoms. The SMILES string of the molecule is C=CCS(=O)(=O)c1c(OC)cc(OC)nc1Cc1ccccc1. The van der Waals surface area contributed by atoms with E-state index in [-0.39, 0.29) is 16.4 Å². The van der Waals surface area contributed by atoms with Crippen LogP contribution in [0.1, 0.15) is 11.3 Å². The van der Waals surface area contributed by atoms with E-state index >= 15 is 0 Å². The summed E-state index contributed by atoms with van der Waals surface area (Å²) in [6, 6.07) is 11.0. The minimum Gasteiger partial charge on any atom is -0.495 e. The molecule has 0 radical (unpaired) electrons. The van der Waals surface area contributed by atoms with Crippen LogP contribution < -0.4 is 9.47 Å². The summed E-state index contributed by atoms with van der Waals surface area (Å²) < 4.78 is 35.6. The summed E-state index contributed by atoms with van der Waals surface area (Å²) >= 11 is 0. The average Bonchev–Trinajstić information content (AvgIpc) is 2.54. The van der Waals surface area contributed by atoms with E-state index in [1.807, 2.05) is 30.3 Å². The molecule has 0 amide bonds. The molecule has 1 heterocycles. The maximum absolute atomic E-state index is 12.6. The largest absolute Gasteiger partial charge is 0.495 e. The predicted molar refractivity (Wildman–Crippen MR) is 88.8 cm³/mol. The number of ether oxygens (including phenoxy) is 2. The first kappa shape index (κ1) is 17.0. The van der Waals surface area contributed by atoms with E-state index in [4.69, 9.17) is 9.47 Å². The van der Waals surface area contributed by atoms with Gasteiger partial charge in [0.1, 0.15) is 10.6 Å².